The maximum atomic E-state index is 12.4. The van der Waals surface area contributed by atoms with Crippen molar-refractivity contribution in [2.75, 3.05) is 33.4 Å². The molecule has 2 heterocycles. The fourth-order valence-electron chi connectivity index (χ4n) is 1.67. The van der Waals surface area contributed by atoms with Gasteiger partial charge in [0, 0.05) is 23.8 Å². The highest BCUT2D eigenvalue weighted by Crippen LogP contribution is 2.27. The zero-order chi connectivity index (χ0) is 13.2. The molecule has 0 unspecified atom stereocenters. The molecule has 18 heavy (non-hydrogen) atoms. The van der Waals surface area contributed by atoms with Crippen molar-refractivity contribution in [2.45, 2.75) is 4.90 Å². The Balaban J connectivity index is 2.42. The van der Waals surface area contributed by atoms with Crippen LogP contribution in [0, 0.1) is 0 Å². The van der Waals surface area contributed by atoms with Crippen LogP contribution >= 0.6 is 15.9 Å². The minimum Gasteiger partial charge on any atom is -0.480 e. The first-order valence-corrected chi connectivity index (χ1v) is 7.56. The van der Waals surface area contributed by atoms with E-state index in [1.54, 1.807) is 0 Å². The van der Waals surface area contributed by atoms with Crippen LogP contribution in [0.4, 0.5) is 0 Å². The van der Waals surface area contributed by atoms with Crippen molar-refractivity contribution in [3.63, 3.8) is 0 Å². The van der Waals surface area contributed by atoms with Crippen molar-refractivity contribution >= 4 is 26.0 Å². The number of hydrogen-bond acceptors (Lipinski definition) is 5. The van der Waals surface area contributed by atoms with E-state index in [0.717, 1.165) is 0 Å². The van der Waals surface area contributed by atoms with Crippen LogP contribution in [0.15, 0.2) is 21.6 Å². The normalized spacial score (nSPS) is 17.7. The van der Waals surface area contributed by atoms with Crippen LogP contribution in [-0.4, -0.2) is 51.1 Å². The summed E-state index contributed by atoms with van der Waals surface area (Å²) >= 11 is 3.22. The van der Waals surface area contributed by atoms with E-state index in [0.29, 0.717) is 30.8 Å². The van der Waals surface area contributed by atoms with Crippen molar-refractivity contribution in [3.8, 4) is 5.88 Å². The van der Waals surface area contributed by atoms with Gasteiger partial charge < -0.3 is 9.47 Å². The van der Waals surface area contributed by atoms with Crippen molar-refractivity contribution < 1.29 is 17.9 Å². The summed E-state index contributed by atoms with van der Waals surface area (Å²) in [5.41, 5.74) is 0. The maximum Gasteiger partial charge on any atom is 0.248 e. The number of rotatable bonds is 3. The molecule has 100 valence electrons. The molecule has 0 spiro atoms. The predicted octanol–water partition coefficient (Wildman–Crippen LogP) is 0.874. The van der Waals surface area contributed by atoms with Crippen LogP contribution in [0.1, 0.15) is 0 Å². The Labute approximate surface area is 114 Å². The Morgan fingerprint density at radius 1 is 1.44 bits per heavy atom. The molecule has 0 N–H and O–H groups in total. The summed E-state index contributed by atoms with van der Waals surface area (Å²) in [5.74, 6) is 0.102. The van der Waals surface area contributed by atoms with Gasteiger partial charge in [-0.25, -0.2) is 13.4 Å². The number of sulfonamides is 1. The molecular weight excluding hydrogens is 324 g/mol. The van der Waals surface area contributed by atoms with Gasteiger partial charge in [-0.3, -0.25) is 0 Å². The second-order valence-corrected chi connectivity index (χ2v) is 6.50. The fraction of sp³-hybridized carbons (Fsp3) is 0.500. The molecule has 8 heteroatoms. The molecule has 2 rings (SSSR count). The number of pyridine rings is 1. The summed E-state index contributed by atoms with van der Waals surface area (Å²) in [4.78, 5) is 4.02. The molecule has 0 aromatic carbocycles. The molecule has 0 bridgehead atoms. The smallest absolute Gasteiger partial charge is 0.248 e. The summed E-state index contributed by atoms with van der Waals surface area (Å²) in [5, 5.41) is 0. The topological polar surface area (TPSA) is 68.7 Å². The van der Waals surface area contributed by atoms with Crippen LogP contribution in [0.3, 0.4) is 0 Å². The number of halogens is 1. The number of morpholine rings is 1. The quantitative estimate of drug-likeness (QED) is 0.819. The van der Waals surface area contributed by atoms with Crippen LogP contribution in [0.5, 0.6) is 5.88 Å². The highest BCUT2D eigenvalue weighted by atomic mass is 79.9. The zero-order valence-corrected chi connectivity index (χ0v) is 12.2. The number of hydrogen-bond donors (Lipinski definition) is 0. The van der Waals surface area contributed by atoms with Crippen LogP contribution in [-0.2, 0) is 14.8 Å². The number of aromatic nitrogens is 1. The third kappa shape index (κ3) is 2.66. The third-order valence-electron chi connectivity index (χ3n) is 2.57. The average molecular weight is 337 g/mol. The van der Waals surface area contributed by atoms with Crippen LogP contribution in [0.2, 0.25) is 0 Å². The lowest BCUT2D eigenvalue weighted by Crippen LogP contribution is -2.40. The van der Waals surface area contributed by atoms with Gasteiger partial charge in [-0.2, -0.15) is 4.31 Å². The van der Waals surface area contributed by atoms with Gasteiger partial charge in [0.05, 0.1) is 20.3 Å². The Hall–Kier alpha value is -0.700. The standard InChI is InChI=1S/C10H13BrN2O4S/c1-16-10-9(6-8(11)7-12-10)18(14,15)13-2-4-17-5-3-13/h6-7H,2-5H2,1H3. The summed E-state index contributed by atoms with van der Waals surface area (Å²) in [6.07, 6.45) is 1.50. The van der Waals surface area contributed by atoms with Gasteiger partial charge in [0.15, 0.2) is 0 Å². The Morgan fingerprint density at radius 3 is 2.72 bits per heavy atom. The first kappa shape index (κ1) is 13.7. The largest absolute Gasteiger partial charge is 0.480 e. The summed E-state index contributed by atoms with van der Waals surface area (Å²) < 4.78 is 37.0. The second-order valence-electron chi connectivity index (χ2n) is 3.68. The molecule has 1 saturated heterocycles. The number of nitrogens with zero attached hydrogens (tertiary/aromatic N) is 2. The molecule has 1 fully saturated rings. The summed E-state index contributed by atoms with van der Waals surface area (Å²) in [7, 11) is -2.19. The minimum atomic E-state index is -3.59. The Morgan fingerprint density at radius 2 is 2.11 bits per heavy atom. The summed E-state index contributed by atoms with van der Waals surface area (Å²) in [6.45, 7) is 1.50. The van der Waals surface area contributed by atoms with E-state index in [2.05, 4.69) is 20.9 Å². The van der Waals surface area contributed by atoms with E-state index < -0.39 is 10.0 Å². The molecule has 0 amide bonds. The second kappa shape index (κ2) is 5.52. The van der Waals surface area contributed by atoms with Gasteiger partial charge in [-0.05, 0) is 22.0 Å². The lowest BCUT2D eigenvalue weighted by atomic mass is 10.5. The van der Waals surface area contributed by atoms with E-state index in [4.69, 9.17) is 9.47 Å². The monoisotopic (exact) mass is 336 g/mol. The molecule has 1 aliphatic heterocycles. The van der Waals surface area contributed by atoms with Crippen LogP contribution < -0.4 is 4.74 Å². The van der Waals surface area contributed by atoms with Gasteiger partial charge in [-0.15, -0.1) is 0 Å². The molecule has 0 atom stereocenters. The molecule has 0 radical (unpaired) electrons. The summed E-state index contributed by atoms with van der Waals surface area (Å²) in [6, 6.07) is 1.50. The predicted molar refractivity (Wildman–Crippen MR) is 68.1 cm³/mol. The van der Waals surface area contributed by atoms with E-state index >= 15 is 0 Å². The Kier molecular flexibility index (Phi) is 4.21. The van der Waals surface area contributed by atoms with Crippen molar-refractivity contribution in [1.29, 1.82) is 0 Å². The van der Waals surface area contributed by atoms with E-state index in [1.807, 2.05) is 0 Å². The molecular formula is C10H13BrN2O4S. The molecule has 1 aromatic heterocycles. The zero-order valence-electron chi connectivity index (χ0n) is 9.80. The van der Waals surface area contributed by atoms with E-state index in [1.165, 1.54) is 23.7 Å². The first-order chi connectivity index (χ1) is 8.55. The van der Waals surface area contributed by atoms with Gasteiger partial charge in [0.1, 0.15) is 4.90 Å². The first-order valence-electron chi connectivity index (χ1n) is 5.33. The SMILES string of the molecule is COc1ncc(Br)cc1S(=O)(=O)N1CCOCC1. The van der Waals surface area contributed by atoms with Gasteiger partial charge in [0.25, 0.3) is 0 Å². The highest BCUT2D eigenvalue weighted by Gasteiger charge is 2.30. The average Bonchev–Trinajstić information content (AvgIpc) is 2.39. The van der Waals surface area contributed by atoms with Crippen molar-refractivity contribution in [2.24, 2.45) is 0 Å². The van der Waals surface area contributed by atoms with Crippen LogP contribution in [0.25, 0.3) is 0 Å². The molecule has 1 aliphatic rings. The lowest BCUT2D eigenvalue weighted by molar-refractivity contribution is 0.0729. The third-order valence-corrected chi connectivity index (χ3v) is 4.89. The number of ether oxygens (including phenoxy) is 2. The minimum absolute atomic E-state index is 0.0706. The molecule has 0 saturated carbocycles. The highest BCUT2D eigenvalue weighted by molar-refractivity contribution is 9.10. The number of methoxy groups -OCH3 is 1. The van der Waals surface area contributed by atoms with Crippen molar-refractivity contribution in [3.05, 3.63) is 16.7 Å². The fourth-order valence-corrected chi connectivity index (χ4v) is 3.70. The van der Waals surface area contributed by atoms with Gasteiger partial charge in [-0.1, -0.05) is 0 Å². The van der Waals surface area contributed by atoms with Crippen molar-refractivity contribution in [1.82, 2.24) is 9.29 Å². The Bertz CT molecular complexity index is 529. The lowest BCUT2D eigenvalue weighted by Gasteiger charge is -2.26. The maximum absolute atomic E-state index is 12.4. The molecule has 0 aliphatic carbocycles. The van der Waals surface area contributed by atoms with Gasteiger partial charge >= 0.3 is 0 Å². The van der Waals surface area contributed by atoms with E-state index in [-0.39, 0.29) is 10.8 Å². The molecule has 6 nitrogen and oxygen atoms in total. The van der Waals surface area contributed by atoms with Gasteiger partial charge in [0.2, 0.25) is 15.9 Å². The molecule has 1 aromatic rings. The van der Waals surface area contributed by atoms with E-state index in [9.17, 15) is 8.42 Å².